The van der Waals surface area contributed by atoms with Gasteiger partial charge in [0.25, 0.3) is 0 Å². The van der Waals surface area contributed by atoms with E-state index in [1.165, 1.54) is 25.7 Å². The first kappa shape index (κ1) is 16.7. The summed E-state index contributed by atoms with van der Waals surface area (Å²) in [5.41, 5.74) is 5.38. The number of aliphatic carboxylic acids is 1. The Morgan fingerprint density at radius 3 is 2.12 bits per heavy atom. The van der Waals surface area contributed by atoms with E-state index in [-0.39, 0.29) is 0 Å². The van der Waals surface area contributed by atoms with Crippen LogP contribution in [0.2, 0.25) is 0 Å². The maximum Gasteiger partial charge on any atom is 0.321 e. The van der Waals surface area contributed by atoms with E-state index >= 15 is 0 Å². The van der Waals surface area contributed by atoms with Crippen LogP contribution in [-0.4, -0.2) is 40.3 Å². The second-order valence-corrected chi connectivity index (χ2v) is 5.37. The maximum absolute atomic E-state index is 10.4. The second-order valence-electron chi connectivity index (χ2n) is 4.22. The van der Waals surface area contributed by atoms with Crippen LogP contribution in [0.1, 0.15) is 44.9 Å². The molecule has 17 heavy (non-hydrogen) atoms. The predicted octanol–water partition coefficient (Wildman–Crippen LogP) is 1.85. The Kier molecular flexibility index (Phi) is 12.0. The van der Waals surface area contributed by atoms with E-state index in [0.29, 0.717) is 12.4 Å². The standard InChI is InChI=1S/C12H25NO3S/c13-11(12(15)16)10-17-9-7-5-3-1-2-4-6-8-14/h11,14H,1-10,13H2,(H,15,16)/t11-/m0/s1. The van der Waals surface area contributed by atoms with Gasteiger partial charge < -0.3 is 15.9 Å². The van der Waals surface area contributed by atoms with Gasteiger partial charge in [-0.25, -0.2) is 0 Å². The summed E-state index contributed by atoms with van der Waals surface area (Å²) in [6, 6.07) is -0.724. The molecule has 0 aliphatic rings. The third-order valence-corrected chi connectivity index (χ3v) is 3.73. The molecule has 4 nitrogen and oxygen atoms in total. The summed E-state index contributed by atoms with van der Waals surface area (Å²) in [5, 5.41) is 17.2. The smallest absolute Gasteiger partial charge is 0.321 e. The van der Waals surface area contributed by atoms with Gasteiger partial charge in [0.15, 0.2) is 0 Å². The van der Waals surface area contributed by atoms with Crippen molar-refractivity contribution in [3.8, 4) is 0 Å². The molecule has 0 aromatic heterocycles. The highest BCUT2D eigenvalue weighted by molar-refractivity contribution is 7.99. The number of rotatable bonds is 12. The van der Waals surface area contributed by atoms with Gasteiger partial charge in [0.05, 0.1) is 0 Å². The minimum absolute atomic E-state index is 0.306. The Balaban J connectivity index is 3.06. The largest absolute Gasteiger partial charge is 0.480 e. The minimum atomic E-state index is -0.915. The Morgan fingerprint density at radius 1 is 1.06 bits per heavy atom. The molecule has 0 saturated heterocycles. The first-order valence-corrected chi connectivity index (χ1v) is 7.51. The van der Waals surface area contributed by atoms with E-state index < -0.39 is 12.0 Å². The molecular weight excluding hydrogens is 238 g/mol. The molecule has 0 amide bonds. The molecule has 0 bridgehead atoms. The summed E-state index contributed by atoms with van der Waals surface area (Å²) in [7, 11) is 0. The van der Waals surface area contributed by atoms with Crippen molar-refractivity contribution in [3.05, 3.63) is 0 Å². The molecule has 0 aromatic rings. The molecule has 4 N–H and O–H groups in total. The van der Waals surface area contributed by atoms with Crippen LogP contribution in [0.25, 0.3) is 0 Å². The molecule has 0 aliphatic carbocycles. The van der Waals surface area contributed by atoms with Crippen LogP contribution in [0.4, 0.5) is 0 Å². The molecule has 0 fully saturated rings. The third kappa shape index (κ3) is 12.0. The van der Waals surface area contributed by atoms with Crippen molar-refractivity contribution in [2.45, 2.75) is 51.0 Å². The van der Waals surface area contributed by atoms with Crippen LogP contribution in [0.15, 0.2) is 0 Å². The van der Waals surface area contributed by atoms with Gasteiger partial charge in [-0.15, -0.1) is 0 Å². The molecular formula is C12H25NO3S. The van der Waals surface area contributed by atoms with Crippen LogP contribution in [0.3, 0.4) is 0 Å². The van der Waals surface area contributed by atoms with E-state index in [4.69, 9.17) is 15.9 Å². The third-order valence-electron chi connectivity index (χ3n) is 2.56. The average molecular weight is 263 g/mol. The normalized spacial score (nSPS) is 12.6. The van der Waals surface area contributed by atoms with Crippen molar-refractivity contribution in [1.29, 1.82) is 0 Å². The lowest BCUT2D eigenvalue weighted by Crippen LogP contribution is -2.32. The number of carbonyl (C=O) groups is 1. The summed E-state index contributed by atoms with van der Waals surface area (Å²) in [5.74, 6) is 0.588. The summed E-state index contributed by atoms with van der Waals surface area (Å²) < 4.78 is 0. The summed E-state index contributed by atoms with van der Waals surface area (Å²) in [4.78, 5) is 10.4. The first-order chi connectivity index (χ1) is 8.18. The van der Waals surface area contributed by atoms with E-state index in [9.17, 15) is 4.79 Å². The lowest BCUT2D eigenvalue weighted by molar-refractivity contribution is -0.137. The Morgan fingerprint density at radius 2 is 1.59 bits per heavy atom. The van der Waals surface area contributed by atoms with Crippen molar-refractivity contribution in [2.24, 2.45) is 5.73 Å². The van der Waals surface area contributed by atoms with Gasteiger partial charge in [-0.05, 0) is 18.6 Å². The molecule has 0 unspecified atom stereocenters. The first-order valence-electron chi connectivity index (χ1n) is 6.35. The van der Waals surface area contributed by atoms with Gasteiger partial charge in [-0.3, -0.25) is 4.79 Å². The molecule has 0 radical (unpaired) electrons. The van der Waals surface area contributed by atoms with E-state index in [1.807, 2.05) is 0 Å². The van der Waals surface area contributed by atoms with Gasteiger partial charge in [0, 0.05) is 12.4 Å². The maximum atomic E-state index is 10.4. The van der Waals surface area contributed by atoms with Crippen molar-refractivity contribution in [2.75, 3.05) is 18.1 Å². The minimum Gasteiger partial charge on any atom is -0.480 e. The van der Waals surface area contributed by atoms with Crippen LogP contribution in [0, 0.1) is 0 Å². The van der Waals surface area contributed by atoms with Gasteiger partial charge in [0.2, 0.25) is 0 Å². The number of carboxylic acid groups (broad SMARTS) is 1. The lowest BCUT2D eigenvalue weighted by Gasteiger charge is -2.05. The van der Waals surface area contributed by atoms with Gasteiger partial charge in [0.1, 0.15) is 6.04 Å². The van der Waals surface area contributed by atoms with Gasteiger partial charge >= 0.3 is 5.97 Å². The molecule has 0 spiro atoms. The Hall–Kier alpha value is -0.260. The fourth-order valence-corrected chi connectivity index (χ4v) is 2.45. The number of aliphatic hydroxyl groups excluding tert-OH is 1. The van der Waals surface area contributed by atoms with Crippen LogP contribution in [-0.2, 0) is 4.79 Å². The number of thioether (sulfide) groups is 1. The SMILES string of the molecule is N[C@@H](CSCCCCCCCCCO)C(=O)O. The zero-order valence-corrected chi connectivity index (χ0v) is 11.3. The second kappa shape index (κ2) is 12.2. The molecule has 0 rings (SSSR count). The Labute approximate surface area is 108 Å². The summed E-state index contributed by atoms with van der Waals surface area (Å²) in [6.45, 7) is 0.306. The zero-order chi connectivity index (χ0) is 12.9. The van der Waals surface area contributed by atoms with Crippen LogP contribution >= 0.6 is 11.8 Å². The highest BCUT2D eigenvalue weighted by atomic mass is 32.2. The van der Waals surface area contributed by atoms with Crippen molar-refractivity contribution in [1.82, 2.24) is 0 Å². The zero-order valence-electron chi connectivity index (χ0n) is 10.4. The lowest BCUT2D eigenvalue weighted by atomic mass is 10.1. The number of aliphatic hydroxyl groups is 1. The molecule has 1 atom stereocenters. The van der Waals surface area contributed by atoms with E-state index in [2.05, 4.69) is 0 Å². The number of unbranched alkanes of at least 4 members (excludes halogenated alkanes) is 6. The van der Waals surface area contributed by atoms with Crippen molar-refractivity contribution < 1.29 is 15.0 Å². The molecule has 5 heteroatoms. The fourth-order valence-electron chi connectivity index (χ4n) is 1.48. The number of hydrogen-bond donors (Lipinski definition) is 3. The molecule has 102 valence electrons. The van der Waals surface area contributed by atoms with Gasteiger partial charge in [-0.2, -0.15) is 11.8 Å². The highest BCUT2D eigenvalue weighted by Gasteiger charge is 2.10. The van der Waals surface area contributed by atoms with E-state index in [0.717, 1.165) is 25.0 Å². The van der Waals surface area contributed by atoms with Gasteiger partial charge in [-0.1, -0.05) is 32.1 Å². The number of hydrogen-bond acceptors (Lipinski definition) is 4. The molecule has 0 heterocycles. The summed E-state index contributed by atoms with van der Waals surface area (Å²) in [6.07, 6.45) is 8.06. The van der Waals surface area contributed by atoms with Crippen LogP contribution < -0.4 is 5.73 Å². The number of nitrogens with two attached hydrogens (primary N) is 1. The average Bonchev–Trinajstić information content (AvgIpc) is 2.31. The predicted molar refractivity (Wildman–Crippen MR) is 72.3 cm³/mol. The molecule has 0 aromatic carbocycles. The molecule has 0 aliphatic heterocycles. The quantitative estimate of drug-likeness (QED) is 0.468. The fraction of sp³-hybridized carbons (Fsp3) is 0.917. The van der Waals surface area contributed by atoms with Crippen molar-refractivity contribution >= 4 is 17.7 Å². The van der Waals surface area contributed by atoms with Crippen molar-refractivity contribution in [3.63, 3.8) is 0 Å². The number of carboxylic acids is 1. The van der Waals surface area contributed by atoms with Crippen LogP contribution in [0.5, 0.6) is 0 Å². The Bertz CT molecular complexity index is 191. The van der Waals surface area contributed by atoms with E-state index in [1.54, 1.807) is 11.8 Å². The summed E-state index contributed by atoms with van der Waals surface area (Å²) >= 11 is 1.62. The monoisotopic (exact) mass is 263 g/mol. The molecule has 0 saturated carbocycles. The highest BCUT2D eigenvalue weighted by Crippen LogP contribution is 2.11. The topological polar surface area (TPSA) is 83.5 Å².